The molecule has 0 aliphatic rings. The standard InChI is InChI=1S/C9H21N/c1-4-7-8-9-10(5-2)6-3/h4-9H2,1-3H3/p+1. The smallest absolute Gasteiger partial charge is 0.0770 e. The van der Waals surface area contributed by atoms with Gasteiger partial charge in [-0.25, -0.2) is 0 Å². The SMILES string of the molecule is CCCCC[NH+](CC)CC. The molecule has 0 aliphatic heterocycles. The highest BCUT2D eigenvalue weighted by molar-refractivity contribution is 4.33. The first kappa shape index (κ1) is 9.96. The second kappa shape index (κ2) is 7.07. The summed E-state index contributed by atoms with van der Waals surface area (Å²) < 4.78 is 0. The van der Waals surface area contributed by atoms with Gasteiger partial charge in [-0.3, -0.25) is 0 Å². The molecule has 0 atom stereocenters. The van der Waals surface area contributed by atoms with E-state index < -0.39 is 0 Å². The van der Waals surface area contributed by atoms with Gasteiger partial charge >= 0.3 is 0 Å². The number of unbranched alkanes of at least 4 members (excludes halogenated alkanes) is 2. The van der Waals surface area contributed by atoms with Crippen LogP contribution in [-0.2, 0) is 0 Å². The van der Waals surface area contributed by atoms with Crippen molar-refractivity contribution >= 4 is 0 Å². The van der Waals surface area contributed by atoms with E-state index in [0.717, 1.165) is 0 Å². The monoisotopic (exact) mass is 144 g/mol. The van der Waals surface area contributed by atoms with Crippen molar-refractivity contribution in [1.82, 2.24) is 0 Å². The summed E-state index contributed by atoms with van der Waals surface area (Å²) in [4.78, 5) is 1.74. The van der Waals surface area contributed by atoms with Crippen molar-refractivity contribution in [1.29, 1.82) is 0 Å². The Bertz CT molecular complexity index is 57.7. The van der Waals surface area contributed by atoms with E-state index in [1.807, 2.05) is 0 Å². The van der Waals surface area contributed by atoms with Crippen LogP contribution in [0.25, 0.3) is 0 Å². The second-order valence-corrected chi connectivity index (χ2v) is 2.91. The average molecular weight is 144 g/mol. The number of hydrogen-bond donors (Lipinski definition) is 1. The molecule has 62 valence electrons. The first-order valence-electron chi connectivity index (χ1n) is 4.68. The molecule has 0 saturated carbocycles. The van der Waals surface area contributed by atoms with Crippen molar-refractivity contribution in [2.45, 2.75) is 40.0 Å². The normalized spacial score (nSPS) is 10.8. The van der Waals surface area contributed by atoms with Gasteiger partial charge in [-0.15, -0.1) is 0 Å². The molecule has 0 fully saturated rings. The van der Waals surface area contributed by atoms with Crippen LogP contribution < -0.4 is 4.90 Å². The molecular formula is C9H22N+. The summed E-state index contributed by atoms with van der Waals surface area (Å²) in [5.74, 6) is 0. The predicted molar refractivity (Wildman–Crippen MR) is 46.4 cm³/mol. The first-order chi connectivity index (χ1) is 4.85. The van der Waals surface area contributed by atoms with Crippen LogP contribution in [-0.4, -0.2) is 19.6 Å². The molecule has 1 N–H and O–H groups in total. The van der Waals surface area contributed by atoms with Crippen molar-refractivity contribution in [3.05, 3.63) is 0 Å². The Kier molecular flexibility index (Phi) is 7.04. The van der Waals surface area contributed by atoms with E-state index in [-0.39, 0.29) is 0 Å². The fourth-order valence-electron chi connectivity index (χ4n) is 1.23. The van der Waals surface area contributed by atoms with Gasteiger partial charge in [0.05, 0.1) is 19.6 Å². The molecule has 0 aromatic rings. The maximum absolute atomic E-state index is 2.27. The number of rotatable bonds is 6. The molecule has 0 unspecified atom stereocenters. The van der Waals surface area contributed by atoms with E-state index in [1.165, 1.54) is 38.9 Å². The largest absolute Gasteiger partial charge is 0.335 e. The van der Waals surface area contributed by atoms with Gasteiger partial charge in [0, 0.05) is 0 Å². The molecule has 0 bridgehead atoms. The molecular weight excluding hydrogens is 122 g/mol. The van der Waals surface area contributed by atoms with Crippen molar-refractivity contribution < 1.29 is 4.90 Å². The first-order valence-corrected chi connectivity index (χ1v) is 4.68. The lowest BCUT2D eigenvalue weighted by Gasteiger charge is -2.14. The topological polar surface area (TPSA) is 4.44 Å². The second-order valence-electron chi connectivity index (χ2n) is 2.91. The van der Waals surface area contributed by atoms with Crippen molar-refractivity contribution in [3.8, 4) is 0 Å². The van der Waals surface area contributed by atoms with E-state index in [4.69, 9.17) is 0 Å². The van der Waals surface area contributed by atoms with E-state index in [0.29, 0.717) is 0 Å². The number of nitrogens with one attached hydrogen (secondary N) is 1. The lowest BCUT2D eigenvalue weighted by molar-refractivity contribution is -0.896. The van der Waals surface area contributed by atoms with Gasteiger partial charge in [0.1, 0.15) is 0 Å². The summed E-state index contributed by atoms with van der Waals surface area (Å²) in [5.41, 5.74) is 0. The van der Waals surface area contributed by atoms with Crippen molar-refractivity contribution in [2.75, 3.05) is 19.6 Å². The highest BCUT2D eigenvalue weighted by Gasteiger charge is 1.99. The average Bonchev–Trinajstić information content (AvgIpc) is 1.99. The van der Waals surface area contributed by atoms with Crippen LogP contribution in [0.1, 0.15) is 40.0 Å². The fourth-order valence-corrected chi connectivity index (χ4v) is 1.23. The van der Waals surface area contributed by atoms with Crippen LogP contribution >= 0.6 is 0 Å². The molecule has 0 spiro atoms. The zero-order chi connectivity index (χ0) is 7.82. The molecule has 0 aliphatic carbocycles. The molecule has 0 heterocycles. The van der Waals surface area contributed by atoms with Crippen LogP contribution in [0.4, 0.5) is 0 Å². The molecule has 0 rings (SSSR count). The minimum Gasteiger partial charge on any atom is -0.335 e. The molecule has 0 saturated heterocycles. The third-order valence-corrected chi connectivity index (χ3v) is 2.13. The Morgan fingerprint density at radius 2 is 1.50 bits per heavy atom. The van der Waals surface area contributed by atoms with Crippen LogP contribution in [0.3, 0.4) is 0 Å². The predicted octanol–water partition coefficient (Wildman–Crippen LogP) is 1.10. The summed E-state index contributed by atoms with van der Waals surface area (Å²) in [7, 11) is 0. The Hall–Kier alpha value is -0.0400. The molecule has 0 amide bonds. The van der Waals surface area contributed by atoms with Gasteiger partial charge in [0.15, 0.2) is 0 Å². The minimum atomic E-state index is 1.29. The van der Waals surface area contributed by atoms with Gasteiger partial charge in [0.25, 0.3) is 0 Å². The van der Waals surface area contributed by atoms with Crippen LogP contribution in [0.2, 0.25) is 0 Å². The van der Waals surface area contributed by atoms with Gasteiger partial charge in [-0.05, 0) is 26.7 Å². The minimum absolute atomic E-state index is 1.29. The summed E-state index contributed by atoms with van der Waals surface area (Å²) in [6.45, 7) is 10.8. The summed E-state index contributed by atoms with van der Waals surface area (Å²) in [6.07, 6.45) is 4.16. The van der Waals surface area contributed by atoms with Crippen molar-refractivity contribution in [2.24, 2.45) is 0 Å². The van der Waals surface area contributed by atoms with Crippen LogP contribution in [0.15, 0.2) is 0 Å². The summed E-state index contributed by atoms with van der Waals surface area (Å²) >= 11 is 0. The van der Waals surface area contributed by atoms with Crippen molar-refractivity contribution in [3.63, 3.8) is 0 Å². The lowest BCUT2D eigenvalue weighted by Crippen LogP contribution is -3.11. The number of quaternary nitrogens is 1. The number of hydrogen-bond acceptors (Lipinski definition) is 0. The fraction of sp³-hybridized carbons (Fsp3) is 1.00. The quantitative estimate of drug-likeness (QED) is 0.532. The van der Waals surface area contributed by atoms with Gasteiger partial charge in [-0.1, -0.05) is 13.3 Å². The Balaban J connectivity index is 3.09. The Morgan fingerprint density at radius 3 is 1.90 bits per heavy atom. The molecule has 0 radical (unpaired) electrons. The van der Waals surface area contributed by atoms with Crippen LogP contribution in [0, 0.1) is 0 Å². The lowest BCUT2D eigenvalue weighted by atomic mass is 10.2. The Morgan fingerprint density at radius 1 is 0.900 bits per heavy atom. The zero-order valence-corrected chi connectivity index (χ0v) is 7.74. The third kappa shape index (κ3) is 4.80. The van der Waals surface area contributed by atoms with E-state index in [1.54, 1.807) is 4.90 Å². The molecule has 1 heteroatoms. The Labute approximate surface area is 65.4 Å². The van der Waals surface area contributed by atoms with Gasteiger partial charge in [-0.2, -0.15) is 0 Å². The van der Waals surface area contributed by atoms with Gasteiger partial charge < -0.3 is 4.90 Å². The van der Waals surface area contributed by atoms with E-state index in [2.05, 4.69) is 20.8 Å². The highest BCUT2D eigenvalue weighted by Crippen LogP contribution is 1.88. The zero-order valence-electron chi connectivity index (χ0n) is 7.74. The molecule has 0 aromatic carbocycles. The summed E-state index contributed by atoms with van der Waals surface area (Å²) in [6, 6.07) is 0. The third-order valence-electron chi connectivity index (χ3n) is 2.13. The maximum Gasteiger partial charge on any atom is 0.0770 e. The maximum atomic E-state index is 2.27. The van der Waals surface area contributed by atoms with E-state index >= 15 is 0 Å². The molecule has 0 aromatic heterocycles. The molecule has 1 nitrogen and oxygen atoms in total. The van der Waals surface area contributed by atoms with Gasteiger partial charge in [0.2, 0.25) is 0 Å². The molecule has 10 heavy (non-hydrogen) atoms. The highest BCUT2D eigenvalue weighted by atomic mass is 15.1. The summed E-state index contributed by atoms with van der Waals surface area (Å²) in [5, 5.41) is 0. The van der Waals surface area contributed by atoms with Crippen LogP contribution in [0.5, 0.6) is 0 Å². The van der Waals surface area contributed by atoms with E-state index in [9.17, 15) is 0 Å².